The first kappa shape index (κ1) is 8.71. The summed E-state index contributed by atoms with van der Waals surface area (Å²) >= 11 is 0. The van der Waals surface area contributed by atoms with Crippen LogP contribution in [-0.2, 0) is 0 Å². The van der Waals surface area contributed by atoms with Gasteiger partial charge in [0.1, 0.15) is 5.65 Å². The molecule has 0 aromatic carbocycles. The lowest BCUT2D eigenvalue weighted by Crippen LogP contribution is -1.80. The van der Waals surface area contributed by atoms with E-state index in [9.17, 15) is 4.39 Å². The van der Waals surface area contributed by atoms with E-state index in [-0.39, 0.29) is 0 Å². The smallest absolute Gasteiger partial charge is 0.214 e. The molecule has 0 fully saturated rings. The number of rotatable bonds is 0. The van der Waals surface area contributed by atoms with Crippen molar-refractivity contribution < 1.29 is 4.39 Å². The molecule has 1 N–H and O–H groups in total. The molecule has 2 rings (SSSR count). The molecule has 2 aromatic heterocycles. The molecule has 64 valence electrons. The third kappa shape index (κ3) is 1.61. The summed E-state index contributed by atoms with van der Waals surface area (Å²) < 4.78 is 12.4. The van der Waals surface area contributed by atoms with Gasteiger partial charge in [0.15, 0.2) is 0 Å². The summed E-state index contributed by atoms with van der Waals surface area (Å²) in [5.74, 6) is -0.449. The topological polar surface area (TPSA) is 28.7 Å². The highest BCUT2D eigenvalue weighted by Gasteiger charge is 1.95. The molecular formula is C9H11FN2. The van der Waals surface area contributed by atoms with Gasteiger partial charge in [-0.2, -0.15) is 4.39 Å². The Morgan fingerprint density at radius 3 is 2.75 bits per heavy atom. The second kappa shape index (κ2) is 3.85. The molecule has 2 aromatic rings. The van der Waals surface area contributed by atoms with Crippen LogP contribution in [-0.4, -0.2) is 9.97 Å². The fourth-order valence-corrected chi connectivity index (χ4v) is 0.907. The molecule has 0 aliphatic rings. The highest BCUT2D eigenvalue weighted by molar-refractivity contribution is 5.74. The monoisotopic (exact) mass is 166 g/mol. The summed E-state index contributed by atoms with van der Waals surface area (Å²) in [6.45, 7) is 4.00. The van der Waals surface area contributed by atoms with Gasteiger partial charge in [-0.3, -0.25) is 0 Å². The van der Waals surface area contributed by atoms with Gasteiger partial charge in [0, 0.05) is 11.6 Å². The Labute approximate surface area is 70.4 Å². The molecule has 0 spiro atoms. The van der Waals surface area contributed by atoms with Crippen LogP contribution in [0.4, 0.5) is 4.39 Å². The highest BCUT2D eigenvalue weighted by atomic mass is 19.1. The zero-order chi connectivity index (χ0) is 8.97. The predicted molar refractivity (Wildman–Crippen MR) is 47.4 cm³/mol. The Hall–Kier alpha value is -1.38. The number of H-pyrrole nitrogens is 1. The van der Waals surface area contributed by atoms with Crippen LogP contribution < -0.4 is 0 Å². The molecule has 0 aliphatic heterocycles. The number of hydrogen-bond acceptors (Lipinski definition) is 1. The number of nitrogens with zero attached hydrogens (tertiary/aromatic N) is 1. The fourth-order valence-electron chi connectivity index (χ4n) is 0.907. The Morgan fingerprint density at radius 2 is 2.00 bits per heavy atom. The van der Waals surface area contributed by atoms with Gasteiger partial charge in [-0.25, -0.2) is 4.98 Å². The maximum Gasteiger partial charge on any atom is 0.214 e. The van der Waals surface area contributed by atoms with Gasteiger partial charge in [0.25, 0.3) is 0 Å². The molecule has 0 atom stereocenters. The maximum absolute atomic E-state index is 12.4. The number of hydrogen-bond donors (Lipinski definition) is 1. The molecule has 0 radical (unpaired) electrons. The van der Waals surface area contributed by atoms with Gasteiger partial charge < -0.3 is 4.98 Å². The second-order valence-corrected chi connectivity index (χ2v) is 2.05. The molecule has 0 bridgehead atoms. The summed E-state index contributed by atoms with van der Waals surface area (Å²) in [6.07, 6.45) is 1.73. The summed E-state index contributed by atoms with van der Waals surface area (Å²) in [5.41, 5.74) is 0.597. The van der Waals surface area contributed by atoms with Crippen molar-refractivity contribution in [1.82, 2.24) is 9.97 Å². The first-order valence-electron chi connectivity index (χ1n) is 3.96. The van der Waals surface area contributed by atoms with Crippen molar-refractivity contribution in [3.8, 4) is 0 Å². The minimum absolute atomic E-state index is 0.449. The van der Waals surface area contributed by atoms with E-state index < -0.39 is 5.95 Å². The molecule has 0 saturated heterocycles. The lowest BCUT2D eigenvalue weighted by atomic mass is 10.3. The van der Waals surface area contributed by atoms with E-state index in [2.05, 4.69) is 9.97 Å². The van der Waals surface area contributed by atoms with Gasteiger partial charge in [-0.1, -0.05) is 13.8 Å². The number of fused-ring (bicyclic) bond motifs is 1. The van der Waals surface area contributed by atoms with Crippen LogP contribution in [0.15, 0.2) is 24.4 Å². The van der Waals surface area contributed by atoms with Gasteiger partial charge in [0.05, 0.1) is 0 Å². The zero-order valence-electron chi connectivity index (χ0n) is 7.13. The molecule has 12 heavy (non-hydrogen) atoms. The van der Waals surface area contributed by atoms with Crippen molar-refractivity contribution in [2.45, 2.75) is 13.8 Å². The van der Waals surface area contributed by atoms with Gasteiger partial charge in [0.2, 0.25) is 5.95 Å². The van der Waals surface area contributed by atoms with E-state index in [0.29, 0.717) is 5.65 Å². The molecule has 0 saturated carbocycles. The van der Waals surface area contributed by atoms with E-state index >= 15 is 0 Å². The van der Waals surface area contributed by atoms with Crippen molar-refractivity contribution in [1.29, 1.82) is 0 Å². The highest BCUT2D eigenvalue weighted by Crippen LogP contribution is 2.08. The van der Waals surface area contributed by atoms with Crippen LogP contribution >= 0.6 is 0 Å². The third-order valence-electron chi connectivity index (χ3n) is 1.38. The Balaban J connectivity index is 0.000000336. The summed E-state index contributed by atoms with van der Waals surface area (Å²) in [7, 11) is 0. The van der Waals surface area contributed by atoms with E-state index in [1.54, 1.807) is 12.3 Å². The number of nitrogens with one attached hydrogen (secondary N) is 1. The molecule has 2 heterocycles. The third-order valence-corrected chi connectivity index (χ3v) is 1.38. The van der Waals surface area contributed by atoms with Crippen molar-refractivity contribution >= 4 is 11.0 Å². The summed E-state index contributed by atoms with van der Waals surface area (Å²) in [4.78, 5) is 6.42. The van der Waals surface area contributed by atoms with E-state index in [0.717, 1.165) is 5.39 Å². The maximum atomic E-state index is 12.4. The van der Waals surface area contributed by atoms with E-state index in [4.69, 9.17) is 0 Å². The van der Waals surface area contributed by atoms with Crippen LogP contribution in [0.2, 0.25) is 0 Å². The fraction of sp³-hybridized carbons (Fsp3) is 0.222. The summed E-state index contributed by atoms with van der Waals surface area (Å²) in [6, 6.07) is 4.88. The largest absolute Gasteiger partial charge is 0.346 e. The zero-order valence-corrected chi connectivity index (χ0v) is 7.13. The van der Waals surface area contributed by atoms with Crippen molar-refractivity contribution in [3.63, 3.8) is 0 Å². The standard InChI is InChI=1S/C7H5FN2.C2H6/c8-6-2-1-5-3-4-9-7(5)10-6;1-2/h1-4H,(H,9,10);1-2H3. The lowest BCUT2D eigenvalue weighted by molar-refractivity contribution is 0.588. The van der Waals surface area contributed by atoms with Crippen molar-refractivity contribution in [2.24, 2.45) is 0 Å². The SMILES string of the molecule is CC.Fc1ccc2cc[nH]c2n1. The van der Waals surface area contributed by atoms with Crippen LogP contribution in [0, 0.1) is 5.95 Å². The second-order valence-electron chi connectivity index (χ2n) is 2.05. The number of aromatic amines is 1. The average Bonchev–Trinajstić information content (AvgIpc) is 2.54. The molecular weight excluding hydrogens is 155 g/mol. The Bertz CT molecular complexity index is 354. The molecule has 0 amide bonds. The van der Waals surface area contributed by atoms with E-state index in [1.807, 2.05) is 19.9 Å². The van der Waals surface area contributed by atoms with E-state index in [1.165, 1.54) is 6.07 Å². The minimum atomic E-state index is -0.449. The van der Waals surface area contributed by atoms with Gasteiger partial charge >= 0.3 is 0 Å². The average molecular weight is 166 g/mol. The van der Waals surface area contributed by atoms with Crippen LogP contribution in [0.5, 0.6) is 0 Å². The van der Waals surface area contributed by atoms with Gasteiger partial charge in [-0.05, 0) is 18.2 Å². The predicted octanol–water partition coefficient (Wildman–Crippen LogP) is 2.73. The van der Waals surface area contributed by atoms with Crippen molar-refractivity contribution in [3.05, 3.63) is 30.3 Å². The first-order chi connectivity index (χ1) is 5.86. The molecule has 3 heteroatoms. The molecule has 2 nitrogen and oxygen atoms in total. The number of pyridine rings is 1. The number of halogens is 1. The molecule has 0 aliphatic carbocycles. The van der Waals surface area contributed by atoms with Crippen LogP contribution in [0.1, 0.15) is 13.8 Å². The quantitative estimate of drug-likeness (QED) is 0.599. The minimum Gasteiger partial charge on any atom is -0.346 e. The lowest BCUT2D eigenvalue weighted by Gasteiger charge is -1.86. The van der Waals surface area contributed by atoms with Crippen LogP contribution in [0.25, 0.3) is 11.0 Å². The first-order valence-corrected chi connectivity index (χ1v) is 3.96. The molecule has 0 unspecified atom stereocenters. The normalized spacial score (nSPS) is 9.25. The van der Waals surface area contributed by atoms with Crippen molar-refractivity contribution in [2.75, 3.05) is 0 Å². The summed E-state index contributed by atoms with van der Waals surface area (Å²) in [5, 5.41) is 0.932. The Kier molecular flexibility index (Phi) is 2.80. The van der Waals surface area contributed by atoms with Gasteiger partial charge in [-0.15, -0.1) is 0 Å². The van der Waals surface area contributed by atoms with Crippen LogP contribution in [0.3, 0.4) is 0 Å². The Morgan fingerprint density at radius 1 is 1.25 bits per heavy atom. The number of aromatic nitrogens is 2.